The van der Waals surface area contributed by atoms with E-state index in [9.17, 15) is 5.48 Å². The average molecular weight is 643 g/mol. The van der Waals surface area contributed by atoms with E-state index in [1.165, 1.54) is 0 Å². The highest BCUT2D eigenvalue weighted by Crippen LogP contribution is 2.36. The summed E-state index contributed by atoms with van der Waals surface area (Å²) in [6, 6.07) is 13.8. The van der Waals surface area contributed by atoms with Crippen molar-refractivity contribution >= 4 is 21.8 Å². The summed E-state index contributed by atoms with van der Waals surface area (Å²) >= 11 is 0. The molecule has 0 fully saturated rings. The van der Waals surface area contributed by atoms with Crippen LogP contribution >= 0.6 is 0 Å². The van der Waals surface area contributed by atoms with E-state index in [0.29, 0.717) is 11.1 Å². The van der Waals surface area contributed by atoms with Crippen LogP contribution in [0.2, 0.25) is 0 Å². The highest BCUT2D eigenvalue weighted by molar-refractivity contribution is 6.10. The molecule has 4 heteroatoms. The fourth-order valence-electron chi connectivity index (χ4n) is 5.57. The lowest BCUT2D eigenvalue weighted by Crippen LogP contribution is -2.00. The second kappa shape index (κ2) is 12.2. The quantitative estimate of drug-likeness (QED) is 0.181. The van der Waals surface area contributed by atoms with Crippen LogP contribution in [0.4, 0.5) is 0 Å². The average Bonchev–Trinajstić information content (AvgIpc) is 3.68. The lowest BCUT2D eigenvalue weighted by Gasteiger charge is -2.11. The second-order valence-corrected chi connectivity index (χ2v) is 10.9. The molecule has 0 N–H and O–H groups in total. The predicted octanol–water partition coefficient (Wildman–Crippen LogP) is 11.3. The van der Waals surface area contributed by atoms with Crippen molar-refractivity contribution in [3.05, 3.63) is 182 Å². The van der Waals surface area contributed by atoms with Gasteiger partial charge in [0.15, 0.2) is 17.5 Å². The second-order valence-electron chi connectivity index (χ2n) is 10.9. The molecule has 0 saturated heterocycles. The zero-order chi connectivity index (χ0) is 46.5. The summed E-state index contributed by atoms with van der Waals surface area (Å²) in [5.41, 5.74) is -0.0446. The largest absolute Gasteiger partial charge is 0.309 e. The number of hydrogen-bond acceptors (Lipinski definition) is 3. The Bertz CT molecular complexity index is 3460. The molecule has 7 aromatic carbocycles. The maximum absolute atomic E-state index is 9.67. The normalized spacial score (nSPS) is 15.8. The summed E-state index contributed by atoms with van der Waals surface area (Å²) in [5.74, 6) is 0.0383. The number of benzene rings is 7. The van der Waals surface area contributed by atoms with Crippen LogP contribution in [0, 0.1) is 0 Å². The number of nitrogens with zero attached hydrogens (tertiary/aromatic N) is 4. The third kappa shape index (κ3) is 5.35. The Labute approximate surface area is 307 Å². The minimum atomic E-state index is -0.820. The first-order valence-electron chi connectivity index (χ1n) is 23.2. The Kier molecular flexibility index (Phi) is 4.09. The molecule has 0 radical (unpaired) electrons. The van der Waals surface area contributed by atoms with Crippen LogP contribution in [-0.4, -0.2) is 19.5 Å². The first-order valence-corrected chi connectivity index (χ1v) is 15.2. The van der Waals surface area contributed by atoms with E-state index in [-0.39, 0.29) is 23.0 Å². The van der Waals surface area contributed by atoms with Crippen LogP contribution in [0.25, 0.3) is 83.9 Å². The van der Waals surface area contributed by atoms with Gasteiger partial charge in [-0.25, -0.2) is 15.0 Å². The third-order valence-corrected chi connectivity index (χ3v) is 7.88. The highest BCUT2D eigenvalue weighted by Gasteiger charge is 2.15. The standard InChI is InChI=1S/C45H30N4/c1-4-13-31(14-5-1)32-23-25-34(26-24-32)44-46-43(33-15-6-2-7-16-33)47-45(48-44)37-18-12-17-35(29-37)36-27-28-42-40(30-36)39-21-10-11-22-41(39)49(42)38-19-8-3-9-20-38/h1-30H/i3D,8D,9D,10D,11D,12D,17D,18D,19D,20D,21D,22D,27D,28D,29D,30D. The molecule has 2 heterocycles. The Hall–Kier alpha value is -6.65. The van der Waals surface area contributed by atoms with Crippen molar-refractivity contribution in [3.8, 4) is 62.1 Å². The number of para-hydroxylation sites is 2. The fourth-order valence-corrected chi connectivity index (χ4v) is 5.57. The highest BCUT2D eigenvalue weighted by atomic mass is 15.0. The molecule has 2 aromatic heterocycles. The van der Waals surface area contributed by atoms with E-state index in [0.717, 1.165) is 15.7 Å². The first kappa shape index (κ1) is 16.4. The van der Waals surface area contributed by atoms with Gasteiger partial charge in [0.2, 0.25) is 0 Å². The maximum Gasteiger partial charge on any atom is 0.164 e. The molecule has 0 atom stereocenters. The monoisotopic (exact) mass is 642 g/mol. The minimum absolute atomic E-state index is 0.141. The maximum atomic E-state index is 9.67. The molecule has 9 rings (SSSR count). The summed E-state index contributed by atoms with van der Waals surface area (Å²) in [6.45, 7) is 0. The van der Waals surface area contributed by atoms with Crippen molar-refractivity contribution in [1.29, 1.82) is 0 Å². The van der Waals surface area contributed by atoms with Crippen molar-refractivity contribution in [2.75, 3.05) is 0 Å². The van der Waals surface area contributed by atoms with Gasteiger partial charge in [-0.15, -0.1) is 0 Å². The Morgan fingerprint density at radius 1 is 0.367 bits per heavy atom. The van der Waals surface area contributed by atoms with Gasteiger partial charge in [-0.2, -0.15) is 0 Å². The SMILES string of the molecule is [2H]c1c([2H])c([2H])c(-n2c3c([2H])c([2H])c([2H])c([2H])c3c3c([2H])c(-c4c([2H])c([2H])c([2H])c(-c5nc(-c6ccccc6)nc(-c6ccc(-c7ccccc7)cc6)n5)c4[2H])c([2H])c([2H])c32)c([2H])c1[2H]. The fraction of sp³-hybridized carbons (Fsp3) is 0. The van der Waals surface area contributed by atoms with E-state index < -0.39 is 135 Å². The number of fused-ring (bicyclic) bond motifs is 3. The van der Waals surface area contributed by atoms with Crippen LogP contribution < -0.4 is 0 Å². The van der Waals surface area contributed by atoms with Crippen molar-refractivity contribution in [1.82, 2.24) is 19.5 Å². The lowest BCUT2D eigenvalue weighted by molar-refractivity contribution is 1.07. The molecule has 4 nitrogen and oxygen atoms in total. The minimum Gasteiger partial charge on any atom is -0.309 e. The topological polar surface area (TPSA) is 43.6 Å². The van der Waals surface area contributed by atoms with Gasteiger partial charge in [0.1, 0.15) is 0 Å². The van der Waals surface area contributed by atoms with Gasteiger partial charge in [-0.3, -0.25) is 0 Å². The van der Waals surface area contributed by atoms with E-state index in [2.05, 4.69) is 4.98 Å². The third-order valence-electron chi connectivity index (χ3n) is 7.88. The lowest BCUT2D eigenvalue weighted by atomic mass is 10.0. The molecule has 0 saturated carbocycles. The molecule has 0 spiro atoms. The summed E-state index contributed by atoms with van der Waals surface area (Å²) in [4.78, 5) is 14.1. The van der Waals surface area contributed by atoms with E-state index in [4.69, 9.17) is 26.4 Å². The molecule has 9 aromatic rings. The molecular weight excluding hydrogens is 597 g/mol. The number of hydrogen-bond donors (Lipinski definition) is 0. The zero-order valence-corrected chi connectivity index (χ0v) is 25.4. The van der Waals surface area contributed by atoms with Gasteiger partial charge in [0.25, 0.3) is 0 Å². The first-order chi connectivity index (χ1) is 31.0. The molecule has 230 valence electrons. The van der Waals surface area contributed by atoms with E-state index in [1.807, 2.05) is 42.5 Å². The van der Waals surface area contributed by atoms with Crippen LogP contribution in [0.15, 0.2) is 182 Å². The van der Waals surface area contributed by atoms with E-state index in [1.54, 1.807) is 42.5 Å². The van der Waals surface area contributed by atoms with Crippen LogP contribution in [0.5, 0.6) is 0 Å². The molecule has 0 aliphatic rings. The molecule has 49 heavy (non-hydrogen) atoms. The molecule has 0 aliphatic heterocycles. The van der Waals surface area contributed by atoms with Gasteiger partial charge >= 0.3 is 0 Å². The zero-order valence-electron chi connectivity index (χ0n) is 41.4. The summed E-state index contributed by atoms with van der Waals surface area (Å²) in [6.07, 6.45) is 0. The van der Waals surface area contributed by atoms with Gasteiger partial charge in [0.05, 0.1) is 33.0 Å². The van der Waals surface area contributed by atoms with Crippen molar-refractivity contribution in [2.24, 2.45) is 0 Å². The Morgan fingerprint density at radius 3 is 1.63 bits per heavy atom. The van der Waals surface area contributed by atoms with E-state index >= 15 is 0 Å². The summed E-state index contributed by atoms with van der Waals surface area (Å²) < 4.78 is 144. The van der Waals surface area contributed by atoms with Crippen LogP contribution in [-0.2, 0) is 0 Å². The Morgan fingerprint density at radius 2 is 0.898 bits per heavy atom. The summed E-state index contributed by atoms with van der Waals surface area (Å²) in [7, 11) is 0. The van der Waals surface area contributed by atoms with Crippen LogP contribution in [0.3, 0.4) is 0 Å². The number of rotatable bonds is 6. The molecular formula is C45H30N4. The van der Waals surface area contributed by atoms with Crippen molar-refractivity contribution in [3.63, 3.8) is 0 Å². The van der Waals surface area contributed by atoms with Crippen molar-refractivity contribution in [2.45, 2.75) is 0 Å². The molecule has 0 amide bonds. The summed E-state index contributed by atoms with van der Waals surface area (Å²) in [5, 5.41) is -0.809. The van der Waals surface area contributed by atoms with Crippen LogP contribution in [0.1, 0.15) is 21.9 Å². The van der Waals surface area contributed by atoms with Gasteiger partial charge in [-0.05, 0) is 58.5 Å². The molecule has 0 aliphatic carbocycles. The van der Waals surface area contributed by atoms with Crippen molar-refractivity contribution < 1.29 is 21.9 Å². The predicted molar refractivity (Wildman–Crippen MR) is 201 cm³/mol. The molecule has 0 bridgehead atoms. The number of aromatic nitrogens is 4. The smallest absolute Gasteiger partial charge is 0.164 e. The Balaban J connectivity index is 1.36. The van der Waals surface area contributed by atoms with Gasteiger partial charge in [-0.1, -0.05) is 145 Å². The molecule has 0 unspecified atom stereocenters. The van der Waals surface area contributed by atoms with Gasteiger partial charge < -0.3 is 4.57 Å². The van der Waals surface area contributed by atoms with Gasteiger partial charge in [0, 0.05) is 33.2 Å².